The van der Waals surface area contributed by atoms with Crippen LogP contribution >= 0.6 is 0 Å². The monoisotopic (exact) mass is 616 g/mol. The van der Waals surface area contributed by atoms with E-state index in [4.69, 9.17) is 9.97 Å². The highest BCUT2D eigenvalue weighted by atomic mass is 28.3. The van der Waals surface area contributed by atoms with E-state index in [1.807, 2.05) is 0 Å². The lowest BCUT2D eigenvalue weighted by Gasteiger charge is -2.32. The molecule has 5 heteroatoms. The fourth-order valence-electron chi connectivity index (χ4n) is 6.87. The number of aromatic nitrogens is 2. The highest BCUT2D eigenvalue weighted by Crippen LogP contribution is 2.57. The Bertz CT molecular complexity index is 1520. The lowest BCUT2D eigenvalue weighted by molar-refractivity contribution is 1.11. The van der Waals surface area contributed by atoms with Gasteiger partial charge < -0.3 is 0 Å². The largest absolute Gasteiger partial charge is 0.254 e. The van der Waals surface area contributed by atoms with Crippen LogP contribution in [0.3, 0.4) is 0 Å². The van der Waals surface area contributed by atoms with Crippen molar-refractivity contribution in [2.75, 3.05) is 0 Å². The molecule has 0 bridgehead atoms. The minimum atomic E-state index is -2.32. The molecule has 0 N–H and O–H groups in total. The third kappa shape index (κ3) is 6.69. The first-order valence-electron chi connectivity index (χ1n) is 16.0. The van der Waals surface area contributed by atoms with Gasteiger partial charge in [-0.25, -0.2) is 0 Å². The van der Waals surface area contributed by atoms with E-state index < -0.39 is 24.2 Å². The van der Waals surface area contributed by atoms with Crippen molar-refractivity contribution in [2.45, 2.75) is 77.3 Å². The van der Waals surface area contributed by atoms with Crippen molar-refractivity contribution < 1.29 is 0 Å². The number of allylic oxidation sites excluding steroid dienone is 2. The predicted molar refractivity (Wildman–Crippen MR) is 196 cm³/mol. The summed E-state index contributed by atoms with van der Waals surface area (Å²) in [7, 11) is -4.99. The number of rotatable bonds is 10. The normalized spacial score (nSPS) is 15.3. The van der Waals surface area contributed by atoms with Gasteiger partial charge in [0, 0.05) is 11.4 Å². The average Bonchev–Trinajstić information content (AvgIpc) is 3.28. The second-order valence-electron chi connectivity index (χ2n) is 14.5. The van der Waals surface area contributed by atoms with Gasteiger partial charge in [-0.3, -0.25) is 9.97 Å². The van der Waals surface area contributed by atoms with Gasteiger partial charge in [0.2, 0.25) is 0 Å². The molecule has 0 spiro atoms. The Morgan fingerprint density at radius 2 is 0.860 bits per heavy atom. The van der Waals surface area contributed by atoms with Gasteiger partial charge in [0.25, 0.3) is 0 Å². The van der Waals surface area contributed by atoms with Crippen LogP contribution in [-0.4, -0.2) is 34.2 Å². The number of hydrogen-bond donors (Lipinski definition) is 0. The van der Waals surface area contributed by atoms with Gasteiger partial charge in [-0.2, -0.15) is 0 Å². The van der Waals surface area contributed by atoms with Crippen molar-refractivity contribution in [3.8, 4) is 0 Å². The quantitative estimate of drug-likeness (QED) is 0.166. The van der Waals surface area contributed by atoms with Crippen LogP contribution in [-0.2, 0) is 12.1 Å². The first-order chi connectivity index (χ1) is 20.5. The summed E-state index contributed by atoms with van der Waals surface area (Å²) in [5, 5.41) is 2.99. The summed E-state index contributed by atoms with van der Waals surface area (Å²) in [6.45, 7) is 19.5. The van der Waals surface area contributed by atoms with Crippen molar-refractivity contribution in [2.24, 2.45) is 0 Å². The molecule has 4 aromatic rings. The van der Waals surface area contributed by atoms with E-state index in [1.165, 1.54) is 55.4 Å². The van der Waals surface area contributed by atoms with Gasteiger partial charge in [-0.15, -0.1) is 0 Å². The molecule has 0 amide bonds. The predicted octanol–water partition coefficient (Wildman–Crippen LogP) is 10.4. The number of nitrogens with zero attached hydrogens (tertiary/aromatic N) is 2. The number of hydrogen-bond acceptors (Lipinski definition) is 2. The molecule has 0 aliphatic carbocycles. The van der Waals surface area contributed by atoms with Crippen LogP contribution in [0.1, 0.15) is 47.8 Å². The molecule has 5 rings (SSSR count). The van der Waals surface area contributed by atoms with Crippen LogP contribution in [0, 0.1) is 0 Å². The highest BCUT2D eigenvalue weighted by molar-refractivity contribution is 7.14. The smallest absolute Gasteiger partial charge is 0.124 e. The zero-order chi connectivity index (χ0) is 30.8. The van der Waals surface area contributed by atoms with Crippen molar-refractivity contribution in [3.63, 3.8) is 0 Å². The van der Waals surface area contributed by atoms with Gasteiger partial charge in [-0.1, -0.05) is 138 Å². The van der Waals surface area contributed by atoms with Gasteiger partial charge in [0.15, 0.2) is 0 Å². The summed E-state index contributed by atoms with van der Waals surface area (Å²) < 4.78 is 0. The van der Waals surface area contributed by atoms with Gasteiger partial charge in [0.05, 0.1) is 27.5 Å². The van der Waals surface area contributed by atoms with Gasteiger partial charge >= 0.3 is 0 Å². The average molecular weight is 617 g/mol. The van der Waals surface area contributed by atoms with Crippen molar-refractivity contribution in [1.82, 2.24) is 9.97 Å². The Morgan fingerprint density at radius 1 is 0.488 bits per heavy atom. The Kier molecular flexibility index (Phi) is 9.07. The summed E-state index contributed by atoms with van der Waals surface area (Å²) in [5.74, 6) is 0. The van der Waals surface area contributed by atoms with Crippen LogP contribution in [0.2, 0.25) is 51.4 Å². The van der Waals surface area contributed by atoms with Crippen LogP contribution in [0.25, 0.3) is 21.5 Å². The molecule has 0 saturated heterocycles. The van der Waals surface area contributed by atoms with Crippen molar-refractivity contribution in [1.29, 1.82) is 0 Å². The molecular weight excluding hydrogens is 569 g/mol. The molecular formula is C38H48N2Si3. The molecule has 0 atom stereocenters. The maximum absolute atomic E-state index is 5.50. The second kappa shape index (κ2) is 12.5. The first kappa shape index (κ1) is 31.3. The molecule has 0 unspecified atom stereocenters. The molecule has 43 heavy (non-hydrogen) atoms. The lowest BCUT2D eigenvalue weighted by atomic mass is 9.90. The van der Waals surface area contributed by atoms with E-state index in [0.29, 0.717) is 0 Å². The van der Waals surface area contributed by atoms with Crippen LogP contribution in [0.4, 0.5) is 0 Å². The molecule has 0 fully saturated rings. The van der Waals surface area contributed by atoms with E-state index in [9.17, 15) is 0 Å². The number of benzene rings is 2. The van der Waals surface area contributed by atoms with Crippen LogP contribution in [0.15, 0.2) is 97.1 Å². The van der Waals surface area contributed by atoms with Crippen molar-refractivity contribution >= 4 is 45.8 Å². The fraction of sp³-hybridized carbons (Fsp3) is 0.316. The summed E-state index contributed by atoms with van der Waals surface area (Å²) in [5.41, 5.74) is 10.1. The molecule has 2 nitrogen and oxygen atoms in total. The molecule has 222 valence electrons. The van der Waals surface area contributed by atoms with E-state index in [1.54, 1.807) is 0 Å². The van der Waals surface area contributed by atoms with E-state index in [-0.39, 0.29) is 0 Å². The maximum atomic E-state index is 5.50. The van der Waals surface area contributed by atoms with Crippen LogP contribution < -0.4 is 0 Å². The zero-order valence-corrected chi connectivity index (χ0v) is 30.5. The third-order valence-electron chi connectivity index (χ3n) is 8.59. The standard InChI is InChI=1S/C38H48N2Si3/c1-9-43(10-2)37(33-25-17-23-31(39-33)27-41(3,4)5)35(29-19-13-11-14-20-29)36(30-21-15-12-16-22-30)38(43)34-26-18-24-32(40-34)28-42(6,7)8/h11-26H,9-10,27-28H2,1-8H3. The molecule has 3 heterocycles. The van der Waals surface area contributed by atoms with Gasteiger partial charge in [-0.05, 0) is 69.0 Å². The van der Waals surface area contributed by atoms with Gasteiger partial charge in [0.1, 0.15) is 8.07 Å². The Balaban J connectivity index is 1.89. The maximum Gasteiger partial charge on any atom is 0.124 e. The first-order valence-corrected chi connectivity index (χ1v) is 25.8. The molecule has 1 aliphatic heterocycles. The van der Waals surface area contributed by atoms with E-state index in [0.717, 1.165) is 24.2 Å². The molecule has 2 aromatic heterocycles. The topological polar surface area (TPSA) is 25.8 Å². The minimum Gasteiger partial charge on any atom is -0.254 e. The molecule has 0 radical (unpaired) electrons. The SMILES string of the molecule is CC[Si]1(CC)C(c2cccc(C[Si](C)(C)C)n2)=C(c2ccccc2)C(c2ccccc2)=C1c1cccc(C[Si](C)(C)C)n1. The molecule has 0 saturated carbocycles. The Labute approximate surface area is 263 Å². The Morgan fingerprint density at radius 3 is 1.19 bits per heavy atom. The summed E-state index contributed by atoms with van der Waals surface area (Å²) in [6.07, 6.45) is 0. The van der Waals surface area contributed by atoms with Crippen LogP contribution in [0.5, 0.6) is 0 Å². The highest BCUT2D eigenvalue weighted by Gasteiger charge is 2.49. The second-order valence-corrected chi connectivity index (χ2v) is 30.1. The van der Waals surface area contributed by atoms with E-state index in [2.05, 4.69) is 150 Å². The summed E-state index contributed by atoms with van der Waals surface area (Å²) >= 11 is 0. The number of pyridine rings is 2. The Hall–Kier alpha value is -3.13. The fourth-order valence-corrected chi connectivity index (χ4v) is 14.4. The third-order valence-corrected chi connectivity index (χ3v) is 16.8. The van der Waals surface area contributed by atoms with E-state index >= 15 is 0 Å². The summed E-state index contributed by atoms with van der Waals surface area (Å²) in [4.78, 5) is 11.0. The summed E-state index contributed by atoms with van der Waals surface area (Å²) in [6, 6.07) is 40.2. The van der Waals surface area contributed by atoms with Crippen molar-refractivity contribution in [3.05, 3.63) is 131 Å². The minimum absolute atomic E-state index is 1.09. The molecule has 2 aromatic carbocycles. The zero-order valence-electron chi connectivity index (χ0n) is 27.5. The lowest BCUT2D eigenvalue weighted by Crippen LogP contribution is -2.36. The molecule has 1 aliphatic rings.